The van der Waals surface area contributed by atoms with Crippen LogP contribution >= 0.6 is 0 Å². The molecule has 0 aromatic heterocycles. The average molecular weight is 341 g/mol. The van der Waals surface area contributed by atoms with E-state index >= 15 is 0 Å². The topological polar surface area (TPSA) is 65.1 Å². The Balaban J connectivity index is 1.39. The fourth-order valence-electron chi connectivity index (χ4n) is 2.36. The number of hydrogen-bond acceptors (Lipinski definition) is 5. The molecular formula is C19H19NO5. The van der Waals surface area contributed by atoms with Crippen molar-refractivity contribution in [3.8, 4) is 11.5 Å². The zero-order valence-corrected chi connectivity index (χ0v) is 13.7. The van der Waals surface area contributed by atoms with E-state index in [9.17, 15) is 9.59 Å². The number of rotatable bonds is 8. The maximum atomic E-state index is 11.4. The number of imide groups is 1. The number of nitrogens with zero attached hydrogens (tertiary/aromatic N) is 1. The number of amides is 2. The van der Waals surface area contributed by atoms with Crippen LogP contribution in [0.15, 0.2) is 54.6 Å². The van der Waals surface area contributed by atoms with Crippen LogP contribution in [0.3, 0.4) is 0 Å². The Hall–Kier alpha value is -2.86. The van der Waals surface area contributed by atoms with Crippen LogP contribution in [-0.2, 0) is 21.0 Å². The highest BCUT2D eigenvalue weighted by Gasteiger charge is 2.29. The minimum atomic E-state index is -0.301. The molecule has 6 nitrogen and oxygen atoms in total. The van der Waals surface area contributed by atoms with E-state index in [0.29, 0.717) is 12.4 Å². The van der Waals surface area contributed by atoms with Crippen molar-refractivity contribution < 1.29 is 23.9 Å². The van der Waals surface area contributed by atoms with E-state index in [2.05, 4.69) is 0 Å². The molecule has 0 atom stereocenters. The highest BCUT2D eigenvalue weighted by molar-refractivity contribution is 6.00. The fraction of sp³-hybridized carbons (Fsp3) is 0.263. The van der Waals surface area contributed by atoms with Gasteiger partial charge in [-0.05, 0) is 29.8 Å². The Bertz CT molecular complexity index is 698. The first-order chi connectivity index (χ1) is 12.2. The molecule has 1 saturated heterocycles. The Kier molecular flexibility index (Phi) is 5.64. The van der Waals surface area contributed by atoms with Gasteiger partial charge in [-0.25, -0.2) is 0 Å². The van der Waals surface area contributed by atoms with Crippen molar-refractivity contribution in [2.75, 3.05) is 13.2 Å². The third kappa shape index (κ3) is 4.81. The molecule has 2 aromatic rings. The van der Waals surface area contributed by atoms with Crippen LogP contribution in [0.25, 0.3) is 0 Å². The van der Waals surface area contributed by atoms with Gasteiger partial charge >= 0.3 is 0 Å². The number of hydroxylamine groups is 2. The molecule has 0 unspecified atom stereocenters. The smallest absolute Gasteiger partial charge is 0.253 e. The molecule has 0 saturated carbocycles. The molecule has 3 rings (SSSR count). The van der Waals surface area contributed by atoms with Gasteiger partial charge in [0.05, 0.1) is 0 Å². The molecule has 1 aliphatic heterocycles. The monoisotopic (exact) mass is 341 g/mol. The largest absolute Gasteiger partial charge is 0.491 e. The van der Waals surface area contributed by atoms with E-state index in [0.717, 1.165) is 16.4 Å². The van der Waals surface area contributed by atoms with Crippen molar-refractivity contribution in [2.45, 2.75) is 19.4 Å². The molecule has 0 N–H and O–H groups in total. The molecule has 1 heterocycles. The minimum absolute atomic E-state index is 0.129. The summed E-state index contributed by atoms with van der Waals surface area (Å²) < 4.78 is 11.2. The van der Waals surface area contributed by atoms with Gasteiger partial charge in [0, 0.05) is 12.8 Å². The summed E-state index contributed by atoms with van der Waals surface area (Å²) in [5, 5.41) is 0.823. The number of carbonyl (C=O) groups is 2. The van der Waals surface area contributed by atoms with E-state index in [1.54, 1.807) is 12.1 Å². The van der Waals surface area contributed by atoms with Gasteiger partial charge < -0.3 is 9.47 Å². The minimum Gasteiger partial charge on any atom is -0.491 e. The van der Waals surface area contributed by atoms with E-state index < -0.39 is 0 Å². The number of ether oxygens (including phenoxy) is 2. The van der Waals surface area contributed by atoms with Gasteiger partial charge in [0.2, 0.25) is 0 Å². The first-order valence-electron chi connectivity index (χ1n) is 8.11. The lowest BCUT2D eigenvalue weighted by atomic mass is 10.2. The number of carbonyl (C=O) groups excluding carboxylic acids is 2. The lowest BCUT2D eigenvalue weighted by Gasteiger charge is -2.13. The molecule has 25 heavy (non-hydrogen) atoms. The normalized spacial score (nSPS) is 14.0. The standard InChI is InChI=1S/C19H19NO5/c21-18-10-11-19(22)20(18)25-13-12-23-16-6-8-17(9-7-16)24-14-15-4-2-1-3-5-15/h1-9H,10-14H2. The predicted molar refractivity (Wildman–Crippen MR) is 89.8 cm³/mol. The summed E-state index contributed by atoms with van der Waals surface area (Å²) >= 11 is 0. The average Bonchev–Trinajstić information content (AvgIpc) is 2.97. The summed E-state index contributed by atoms with van der Waals surface area (Å²) in [7, 11) is 0. The van der Waals surface area contributed by atoms with Crippen LogP contribution in [0, 0.1) is 0 Å². The molecule has 0 radical (unpaired) electrons. The van der Waals surface area contributed by atoms with Gasteiger partial charge in [-0.3, -0.25) is 14.4 Å². The molecule has 1 fully saturated rings. The number of hydrogen-bond donors (Lipinski definition) is 0. The van der Waals surface area contributed by atoms with Crippen LogP contribution in [0.5, 0.6) is 11.5 Å². The zero-order valence-electron chi connectivity index (χ0n) is 13.7. The molecule has 2 amide bonds. The van der Waals surface area contributed by atoms with E-state index in [1.165, 1.54) is 0 Å². The van der Waals surface area contributed by atoms with Gasteiger partial charge in [-0.1, -0.05) is 30.3 Å². The molecular weight excluding hydrogens is 322 g/mol. The maximum Gasteiger partial charge on any atom is 0.253 e. The summed E-state index contributed by atoms with van der Waals surface area (Å²) in [6, 6.07) is 17.2. The summed E-state index contributed by atoms with van der Waals surface area (Å²) in [6.45, 7) is 0.873. The second-order valence-corrected chi connectivity index (χ2v) is 5.51. The van der Waals surface area contributed by atoms with Crippen molar-refractivity contribution in [1.29, 1.82) is 0 Å². The van der Waals surface area contributed by atoms with E-state index in [4.69, 9.17) is 14.3 Å². The summed E-state index contributed by atoms with van der Waals surface area (Å²) in [5.41, 5.74) is 1.10. The van der Waals surface area contributed by atoms with Gasteiger partial charge in [0.1, 0.15) is 31.3 Å². The Labute approximate surface area is 145 Å². The molecule has 1 aliphatic rings. The molecule has 0 bridgehead atoms. The van der Waals surface area contributed by atoms with Crippen LogP contribution < -0.4 is 9.47 Å². The summed E-state index contributed by atoms with van der Waals surface area (Å²) in [4.78, 5) is 27.9. The lowest BCUT2D eigenvalue weighted by molar-refractivity contribution is -0.189. The van der Waals surface area contributed by atoms with Crippen LogP contribution in [0.1, 0.15) is 18.4 Å². The zero-order chi connectivity index (χ0) is 17.5. The summed E-state index contributed by atoms with van der Waals surface area (Å²) in [5.74, 6) is 0.810. The van der Waals surface area contributed by atoms with Gasteiger partial charge in [-0.15, -0.1) is 0 Å². The Morgan fingerprint density at radius 2 is 1.36 bits per heavy atom. The quantitative estimate of drug-likeness (QED) is 0.546. The van der Waals surface area contributed by atoms with Crippen molar-refractivity contribution >= 4 is 11.8 Å². The van der Waals surface area contributed by atoms with Crippen molar-refractivity contribution in [1.82, 2.24) is 5.06 Å². The lowest BCUT2D eigenvalue weighted by Crippen LogP contribution is -2.30. The SMILES string of the molecule is O=C1CCC(=O)N1OCCOc1ccc(OCc2ccccc2)cc1. The van der Waals surface area contributed by atoms with Gasteiger partial charge in [0.15, 0.2) is 0 Å². The van der Waals surface area contributed by atoms with Crippen LogP contribution in [0.2, 0.25) is 0 Å². The van der Waals surface area contributed by atoms with Gasteiger partial charge in [-0.2, -0.15) is 5.06 Å². The highest BCUT2D eigenvalue weighted by Crippen LogP contribution is 2.19. The third-order valence-electron chi connectivity index (χ3n) is 3.65. The van der Waals surface area contributed by atoms with E-state index in [-0.39, 0.29) is 37.9 Å². The predicted octanol–water partition coefficient (Wildman–Crippen LogP) is 2.73. The van der Waals surface area contributed by atoms with Crippen molar-refractivity contribution in [3.63, 3.8) is 0 Å². The Morgan fingerprint density at radius 3 is 2.00 bits per heavy atom. The van der Waals surface area contributed by atoms with Crippen molar-refractivity contribution in [2.24, 2.45) is 0 Å². The summed E-state index contributed by atoms with van der Waals surface area (Å²) in [6.07, 6.45) is 0.425. The maximum absolute atomic E-state index is 11.4. The first kappa shape index (κ1) is 17.0. The van der Waals surface area contributed by atoms with Crippen LogP contribution in [-0.4, -0.2) is 30.1 Å². The Morgan fingerprint density at radius 1 is 0.760 bits per heavy atom. The molecule has 0 spiro atoms. The van der Waals surface area contributed by atoms with Crippen LogP contribution in [0.4, 0.5) is 0 Å². The molecule has 130 valence electrons. The second-order valence-electron chi connectivity index (χ2n) is 5.51. The molecule has 2 aromatic carbocycles. The second kappa shape index (κ2) is 8.30. The van der Waals surface area contributed by atoms with Crippen molar-refractivity contribution in [3.05, 3.63) is 60.2 Å². The fourth-order valence-corrected chi connectivity index (χ4v) is 2.36. The third-order valence-corrected chi connectivity index (χ3v) is 3.65. The highest BCUT2D eigenvalue weighted by atomic mass is 16.7. The van der Waals surface area contributed by atoms with E-state index in [1.807, 2.05) is 42.5 Å². The first-order valence-corrected chi connectivity index (χ1v) is 8.11. The molecule has 6 heteroatoms. The van der Waals surface area contributed by atoms with Gasteiger partial charge in [0.25, 0.3) is 11.8 Å². The molecule has 0 aliphatic carbocycles. The number of benzene rings is 2.